The van der Waals surface area contributed by atoms with E-state index in [0.29, 0.717) is 48.4 Å². The summed E-state index contributed by atoms with van der Waals surface area (Å²) in [5.41, 5.74) is 3.36. The van der Waals surface area contributed by atoms with E-state index in [1.54, 1.807) is 50.2 Å². The monoisotopic (exact) mass is 932 g/mol. The Hall–Kier alpha value is -6.69. The van der Waals surface area contributed by atoms with E-state index in [1.165, 1.54) is 46.2 Å². The molecule has 4 aromatic rings. The van der Waals surface area contributed by atoms with Gasteiger partial charge in [-0.3, -0.25) is 39.4 Å². The van der Waals surface area contributed by atoms with Crippen molar-refractivity contribution in [3.05, 3.63) is 127 Å². The molecule has 67 heavy (non-hydrogen) atoms. The number of nitro benzene ring substituents is 2. The molecule has 0 aromatic heterocycles. The average Bonchev–Trinajstić information content (AvgIpc) is 3.32. The van der Waals surface area contributed by atoms with Gasteiger partial charge in [-0.25, -0.2) is 0 Å². The molecule has 0 saturated carbocycles. The molecule has 4 aromatic carbocycles. The van der Waals surface area contributed by atoms with Crippen LogP contribution in [0.2, 0.25) is 0 Å². The molecule has 2 N–H and O–H groups in total. The number of piperazine rings is 2. The molecule has 2 fully saturated rings. The number of carbonyl (C=O) groups is 4. The van der Waals surface area contributed by atoms with Gasteiger partial charge in [0, 0.05) is 51.4 Å². The fourth-order valence-corrected chi connectivity index (χ4v) is 9.41. The van der Waals surface area contributed by atoms with Gasteiger partial charge in [-0.15, -0.1) is 0 Å². The summed E-state index contributed by atoms with van der Waals surface area (Å²) < 4.78 is 10.3. The van der Waals surface area contributed by atoms with Gasteiger partial charge in [0.1, 0.15) is 12.1 Å². The lowest BCUT2D eigenvalue weighted by atomic mass is 9.89. The predicted octanol–water partition coefficient (Wildman–Crippen LogP) is 7.99. The normalized spacial score (nSPS) is 16.5. The van der Waals surface area contributed by atoms with Crippen molar-refractivity contribution >= 4 is 59.0 Å². The molecule has 0 spiro atoms. The summed E-state index contributed by atoms with van der Waals surface area (Å²) in [6.45, 7) is 13.3. The maximum Gasteiger partial charge on any atom is 0.324 e. The Bertz CT molecular complexity index is 2420. The number of rotatable bonds is 16. The largest absolute Gasteiger partial charge is 0.465 e. The second kappa shape index (κ2) is 22.7. The Morgan fingerprint density at radius 3 is 1.40 bits per heavy atom. The van der Waals surface area contributed by atoms with Crippen LogP contribution in [0.15, 0.2) is 94.7 Å². The van der Waals surface area contributed by atoms with Crippen LogP contribution >= 0.6 is 11.8 Å². The molecule has 17 heteroatoms. The minimum absolute atomic E-state index is 0.0611. The van der Waals surface area contributed by atoms with Crippen LogP contribution in [0.4, 0.5) is 11.4 Å². The minimum atomic E-state index is -0.697. The van der Waals surface area contributed by atoms with Crippen molar-refractivity contribution in [3.63, 3.8) is 0 Å². The van der Waals surface area contributed by atoms with Gasteiger partial charge in [-0.2, -0.15) is 0 Å². The van der Waals surface area contributed by atoms with E-state index in [4.69, 9.17) is 9.47 Å². The van der Waals surface area contributed by atoms with E-state index >= 15 is 0 Å². The molecule has 16 nitrogen and oxygen atoms in total. The topological polar surface area (TPSA) is 204 Å². The van der Waals surface area contributed by atoms with Gasteiger partial charge in [-0.05, 0) is 83.3 Å². The van der Waals surface area contributed by atoms with Crippen molar-refractivity contribution in [1.82, 2.24) is 20.4 Å². The van der Waals surface area contributed by atoms with Crippen LogP contribution in [0.5, 0.6) is 0 Å². The predicted molar refractivity (Wildman–Crippen MR) is 257 cm³/mol. The van der Waals surface area contributed by atoms with Crippen molar-refractivity contribution in [1.29, 1.82) is 0 Å². The van der Waals surface area contributed by atoms with E-state index in [1.807, 2.05) is 52.0 Å². The summed E-state index contributed by atoms with van der Waals surface area (Å²) in [5, 5.41) is 33.1. The molecule has 2 aliphatic rings. The Morgan fingerprint density at radius 2 is 1.04 bits per heavy atom. The third kappa shape index (κ3) is 11.6. The molecule has 2 atom stereocenters. The molecule has 6 rings (SSSR count). The molecule has 0 bridgehead atoms. The maximum atomic E-state index is 13.6. The van der Waals surface area contributed by atoms with E-state index in [9.17, 15) is 39.4 Å². The Kier molecular flexibility index (Phi) is 16.8. The Labute approximate surface area is 394 Å². The third-order valence-corrected chi connectivity index (χ3v) is 12.7. The lowest BCUT2D eigenvalue weighted by Gasteiger charge is -2.31. The number of ether oxygens (including phenoxy) is 2. The summed E-state index contributed by atoms with van der Waals surface area (Å²) in [4.78, 5) is 81.4. The fraction of sp³-hybridized carbons (Fsp3) is 0.360. The molecule has 0 aliphatic carbocycles. The first kappa shape index (κ1) is 49.7. The molecule has 0 radical (unpaired) electrons. The fourth-order valence-electron chi connectivity index (χ4n) is 8.36. The first-order valence-electron chi connectivity index (χ1n) is 22.4. The summed E-state index contributed by atoms with van der Waals surface area (Å²) in [6, 6.07) is 19.6. The van der Waals surface area contributed by atoms with Gasteiger partial charge in [0.05, 0.1) is 44.0 Å². The number of hydrogen-bond donors (Lipinski definition) is 2. The smallest absolute Gasteiger partial charge is 0.324 e. The van der Waals surface area contributed by atoms with Gasteiger partial charge in [0.25, 0.3) is 11.4 Å². The molecule has 2 saturated heterocycles. The van der Waals surface area contributed by atoms with Crippen molar-refractivity contribution in [2.75, 3.05) is 52.5 Å². The molecule has 2 aliphatic heterocycles. The maximum absolute atomic E-state index is 13.6. The number of amides is 2. The summed E-state index contributed by atoms with van der Waals surface area (Å²) in [5.74, 6) is -1.84. The standard InChI is InChI=1S/C50H56N6O10S/c1-7-65-49(59)39-29-53(27-25-51-39)43(57)23-19-33-17-21-41(47(55(61)62)45(33)37-15-11-9-13-35(37)31(3)4)67-42-22-18-34(20-24-44(58)54-28-26-52-40(30-54)50(60)66-8-2)46(48(42)56(63)64)38-16-12-10-14-36(38)32(5)6/h9-24,31-32,39-40,51-52H,7-8,25-30H2,1-6H3. The van der Waals surface area contributed by atoms with Gasteiger partial charge < -0.3 is 29.9 Å². The molecule has 2 unspecified atom stereocenters. The van der Waals surface area contributed by atoms with Crippen molar-refractivity contribution in [2.45, 2.75) is 75.3 Å². The van der Waals surface area contributed by atoms with Crippen LogP contribution in [0.25, 0.3) is 34.4 Å². The summed E-state index contributed by atoms with van der Waals surface area (Å²) >= 11 is 0.886. The first-order valence-corrected chi connectivity index (χ1v) is 23.2. The zero-order valence-electron chi connectivity index (χ0n) is 38.5. The second-order valence-corrected chi connectivity index (χ2v) is 17.7. The van der Waals surface area contributed by atoms with E-state index in [2.05, 4.69) is 10.6 Å². The highest BCUT2D eigenvalue weighted by molar-refractivity contribution is 7.99. The van der Waals surface area contributed by atoms with E-state index in [0.717, 1.165) is 22.9 Å². The van der Waals surface area contributed by atoms with Crippen LogP contribution in [0.3, 0.4) is 0 Å². The number of nitrogens with zero attached hydrogens (tertiary/aromatic N) is 4. The number of nitrogens with one attached hydrogen (secondary N) is 2. The number of benzene rings is 4. The minimum Gasteiger partial charge on any atom is -0.465 e. The quantitative estimate of drug-likeness (QED) is 0.0474. The van der Waals surface area contributed by atoms with Crippen LogP contribution in [0.1, 0.15) is 75.6 Å². The van der Waals surface area contributed by atoms with Crippen LogP contribution < -0.4 is 10.6 Å². The van der Waals surface area contributed by atoms with Crippen LogP contribution in [0, 0.1) is 20.2 Å². The number of esters is 2. The van der Waals surface area contributed by atoms with Crippen molar-refractivity contribution in [3.8, 4) is 22.3 Å². The zero-order valence-corrected chi connectivity index (χ0v) is 39.3. The third-order valence-electron chi connectivity index (χ3n) is 11.6. The molecule has 2 heterocycles. The summed E-state index contributed by atoms with van der Waals surface area (Å²) in [7, 11) is 0. The Balaban J connectivity index is 1.47. The van der Waals surface area contributed by atoms with Gasteiger partial charge >= 0.3 is 11.9 Å². The summed E-state index contributed by atoms with van der Waals surface area (Å²) in [6.07, 6.45) is 5.73. The van der Waals surface area contributed by atoms with Crippen LogP contribution in [-0.4, -0.2) is 108 Å². The van der Waals surface area contributed by atoms with Crippen molar-refractivity contribution in [2.24, 2.45) is 0 Å². The molecule has 2 amide bonds. The SMILES string of the molecule is CCOC(=O)C1CN(C(=O)C=Cc2ccc(Sc3ccc(C=CC(=O)N4CCNC(C(=O)OCC)C4)c(-c4ccccc4C(C)C)c3[N+](=O)[O-])c([N+](=O)[O-])c2-c2ccccc2C(C)C)CCN1. The highest BCUT2D eigenvalue weighted by Gasteiger charge is 2.33. The number of carbonyl (C=O) groups excluding carboxylic acids is 4. The lowest BCUT2D eigenvalue weighted by Crippen LogP contribution is -2.55. The molecular formula is C50H56N6O10S. The second-order valence-electron chi connectivity index (χ2n) is 16.6. The van der Waals surface area contributed by atoms with E-state index < -0.39 is 45.7 Å². The number of hydrogen-bond acceptors (Lipinski definition) is 13. The zero-order chi connectivity index (χ0) is 48.4. The van der Waals surface area contributed by atoms with Crippen molar-refractivity contribution < 1.29 is 38.5 Å². The lowest BCUT2D eigenvalue weighted by molar-refractivity contribution is -0.387. The van der Waals surface area contributed by atoms with Gasteiger partial charge in [-0.1, -0.05) is 100 Å². The van der Waals surface area contributed by atoms with Gasteiger partial charge in [0.2, 0.25) is 11.8 Å². The number of nitro groups is 2. The van der Waals surface area contributed by atoms with Gasteiger partial charge in [0.15, 0.2) is 0 Å². The highest BCUT2D eigenvalue weighted by Crippen LogP contribution is 2.50. The van der Waals surface area contributed by atoms with E-state index in [-0.39, 0.29) is 70.4 Å². The Morgan fingerprint density at radius 1 is 0.657 bits per heavy atom. The highest BCUT2D eigenvalue weighted by atomic mass is 32.2. The average molecular weight is 933 g/mol. The molecule has 352 valence electrons. The molecular weight excluding hydrogens is 877 g/mol. The first-order chi connectivity index (χ1) is 32.1. The van der Waals surface area contributed by atoms with Crippen LogP contribution in [-0.2, 0) is 28.7 Å².